The highest BCUT2D eigenvalue weighted by atomic mass is 32.2. The molecular formula is C23H20FN5O3S. The van der Waals surface area contributed by atoms with Crippen LogP contribution in [0.15, 0.2) is 82.7 Å². The molecule has 0 atom stereocenters. The van der Waals surface area contributed by atoms with Gasteiger partial charge in [0.15, 0.2) is 5.69 Å². The molecule has 1 saturated heterocycles. The summed E-state index contributed by atoms with van der Waals surface area (Å²) < 4.78 is 44.5. The first-order valence-electron chi connectivity index (χ1n) is 10.4. The van der Waals surface area contributed by atoms with Crippen LogP contribution < -0.4 is 5.43 Å². The summed E-state index contributed by atoms with van der Waals surface area (Å²) in [4.78, 5) is 12.8. The second-order valence-electron chi connectivity index (χ2n) is 7.66. The number of hydrogen-bond acceptors (Lipinski definition) is 5. The molecule has 4 aromatic rings. The maximum atomic E-state index is 14.4. The Morgan fingerprint density at radius 1 is 0.939 bits per heavy atom. The first kappa shape index (κ1) is 21.2. The second-order valence-corrected chi connectivity index (χ2v) is 9.60. The molecule has 3 heterocycles. The summed E-state index contributed by atoms with van der Waals surface area (Å²) in [7, 11) is -3.60. The number of rotatable bonds is 5. The summed E-state index contributed by atoms with van der Waals surface area (Å²) in [5.41, 5.74) is 0.679. The van der Waals surface area contributed by atoms with Gasteiger partial charge in [-0.05, 0) is 49.2 Å². The third-order valence-electron chi connectivity index (χ3n) is 5.56. The van der Waals surface area contributed by atoms with E-state index >= 15 is 0 Å². The van der Waals surface area contributed by atoms with Gasteiger partial charge in [-0.25, -0.2) is 22.2 Å². The first-order chi connectivity index (χ1) is 15.9. The predicted molar refractivity (Wildman–Crippen MR) is 120 cm³/mol. The van der Waals surface area contributed by atoms with Gasteiger partial charge in [0.1, 0.15) is 11.5 Å². The van der Waals surface area contributed by atoms with Crippen molar-refractivity contribution in [2.45, 2.75) is 17.7 Å². The normalized spacial score (nSPS) is 14.6. The van der Waals surface area contributed by atoms with Crippen LogP contribution in [0.2, 0.25) is 0 Å². The van der Waals surface area contributed by atoms with E-state index in [2.05, 4.69) is 10.2 Å². The van der Waals surface area contributed by atoms with Crippen LogP contribution in [-0.2, 0) is 10.0 Å². The van der Waals surface area contributed by atoms with Crippen LogP contribution in [0.5, 0.6) is 0 Å². The van der Waals surface area contributed by atoms with Crippen molar-refractivity contribution >= 4 is 10.0 Å². The highest BCUT2D eigenvalue weighted by molar-refractivity contribution is 7.89. The topological polar surface area (TPSA) is 90.1 Å². The van der Waals surface area contributed by atoms with E-state index in [4.69, 9.17) is 0 Å². The van der Waals surface area contributed by atoms with Crippen molar-refractivity contribution in [2.24, 2.45) is 0 Å². The number of sulfonamides is 1. The Morgan fingerprint density at radius 3 is 2.52 bits per heavy atom. The predicted octanol–water partition coefficient (Wildman–Crippen LogP) is 3.01. The number of para-hydroxylation sites is 1. The highest BCUT2D eigenvalue weighted by Crippen LogP contribution is 2.24. The van der Waals surface area contributed by atoms with Gasteiger partial charge in [-0.3, -0.25) is 4.79 Å². The lowest BCUT2D eigenvalue weighted by molar-refractivity contribution is 0.477. The molecule has 1 aliphatic rings. The molecule has 1 fully saturated rings. The van der Waals surface area contributed by atoms with Gasteiger partial charge in [0, 0.05) is 25.4 Å². The van der Waals surface area contributed by atoms with E-state index in [1.54, 1.807) is 42.5 Å². The Labute approximate surface area is 189 Å². The lowest BCUT2D eigenvalue weighted by Gasteiger charge is -2.16. The van der Waals surface area contributed by atoms with Crippen molar-refractivity contribution in [1.82, 2.24) is 23.9 Å². The number of aromatic nitrogens is 4. The Hall–Kier alpha value is -3.63. The van der Waals surface area contributed by atoms with Crippen molar-refractivity contribution in [2.75, 3.05) is 13.1 Å². The Balaban J connectivity index is 1.58. The van der Waals surface area contributed by atoms with Crippen molar-refractivity contribution in [1.29, 1.82) is 0 Å². The molecule has 8 nitrogen and oxygen atoms in total. The summed E-state index contributed by atoms with van der Waals surface area (Å²) in [5.74, 6) is -0.487. The van der Waals surface area contributed by atoms with E-state index in [1.807, 2.05) is 0 Å². The molecular weight excluding hydrogens is 445 g/mol. The third-order valence-corrected chi connectivity index (χ3v) is 7.45. The van der Waals surface area contributed by atoms with Crippen LogP contribution in [-0.4, -0.2) is 45.4 Å². The minimum Gasteiger partial charge on any atom is -0.287 e. The molecule has 0 spiro atoms. The van der Waals surface area contributed by atoms with Crippen molar-refractivity contribution in [3.05, 3.63) is 89.1 Å². The molecule has 0 bridgehead atoms. The maximum absolute atomic E-state index is 14.4. The van der Waals surface area contributed by atoms with E-state index < -0.39 is 15.8 Å². The monoisotopic (exact) mass is 465 g/mol. The molecule has 1 aliphatic heterocycles. The molecule has 2 aromatic carbocycles. The summed E-state index contributed by atoms with van der Waals surface area (Å²) in [6.07, 6.45) is 4.62. The Morgan fingerprint density at radius 2 is 1.73 bits per heavy atom. The molecule has 0 unspecified atom stereocenters. The van der Waals surface area contributed by atoms with Gasteiger partial charge in [0.2, 0.25) is 15.5 Å². The lowest BCUT2D eigenvalue weighted by Crippen LogP contribution is -2.28. The van der Waals surface area contributed by atoms with E-state index in [9.17, 15) is 17.6 Å². The maximum Gasteiger partial charge on any atom is 0.243 e. The van der Waals surface area contributed by atoms with Crippen LogP contribution in [0.3, 0.4) is 0 Å². The Kier molecular flexibility index (Phi) is 5.39. The van der Waals surface area contributed by atoms with E-state index in [0.29, 0.717) is 24.5 Å². The number of hydrogen-bond donors (Lipinski definition) is 0. The number of halogens is 1. The molecule has 10 heteroatoms. The van der Waals surface area contributed by atoms with Crippen LogP contribution in [0.1, 0.15) is 12.8 Å². The smallest absolute Gasteiger partial charge is 0.243 e. The third kappa shape index (κ3) is 3.87. The minimum absolute atomic E-state index is 0.0612. The zero-order valence-electron chi connectivity index (χ0n) is 17.5. The van der Waals surface area contributed by atoms with Crippen LogP contribution >= 0.6 is 0 Å². The summed E-state index contributed by atoms with van der Waals surface area (Å²) in [6.45, 7) is 1.01. The zero-order chi connectivity index (χ0) is 23.0. The van der Waals surface area contributed by atoms with Crippen LogP contribution in [0.4, 0.5) is 4.39 Å². The summed E-state index contributed by atoms with van der Waals surface area (Å²) in [6, 6.07) is 15.4. The minimum atomic E-state index is -3.60. The van der Waals surface area contributed by atoms with Crippen LogP contribution in [0, 0.1) is 5.82 Å². The second kappa shape index (κ2) is 8.38. The zero-order valence-corrected chi connectivity index (χ0v) is 18.3. The van der Waals surface area contributed by atoms with Crippen molar-refractivity contribution < 1.29 is 12.8 Å². The fraction of sp³-hybridized carbons (Fsp3) is 0.174. The summed E-state index contributed by atoms with van der Waals surface area (Å²) >= 11 is 0. The molecule has 0 radical (unpaired) electrons. The fourth-order valence-corrected chi connectivity index (χ4v) is 5.45. The molecule has 2 aromatic heterocycles. The standard InChI is InChI=1S/C23H20FN5O3S/c24-19-8-1-2-9-20(19)29-21(10-12-25-29)23-22(30)11-15-28(26-23)17-6-5-7-18(16-17)33(31,32)27-13-3-4-14-27/h1-2,5-12,15-16H,3-4,13-14H2. The summed E-state index contributed by atoms with van der Waals surface area (Å²) in [5, 5.41) is 8.60. The van der Waals surface area contributed by atoms with Gasteiger partial charge in [-0.2, -0.15) is 14.5 Å². The quantitative estimate of drug-likeness (QED) is 0.452. The highest BCUT2D eigenvalue weighted by Gasteiger charge is 2.27. The van der Waals surface area contributed by atoms with E-state index in [0.717, 1.165) is 12.8 Å². The molecule has 0 saturated carbocycles. The largest absolute Gasteiger partial charge is 0.287 e. The van der Waals surface area contributed by atoms with Crippen molar-refractivity contribution in [3.8, 4) is 22.8 Å². The van der Waals surface area contributed by atoms with Gasteiger partial charge in [-0.1, -0.05) is 18.2 Å². The molecule has 168 valence electrons. The average molecular weight is 466 g/mol. The molecule has 0 aliphatic carbocycles. The number of benzene rings is 2. The Bertz CT molecular complexity index is 1490. The van der Waals surface area contributed by atoms with E-state index in [1.165, 1.54) is 44.3 Å². The van der Waals surface area contributed by atoms with Gasteiger partial charge in [-0.15, -0.1) is 0 Å². The SMILES string of the molecule is O=c1ccn(-c2cccc(S(=O)(=O)N3CCCC3)c2)nc1-c1ccnn1-c1ccccc1F. The average Bonchev–Trinajstić information content (AvgIpc) is 3.53. The fourth-order valence-electron chi connectivity index (χ4n) is 3.89. The lowest BCUT2D eigenvalue weighted by atomic mass is 10.2. The van der Waals surface area contributed by atoms with Crippen molar-refractivity contribution in [3.63, 3.8) is 0 Å². The molecule has 0 N–H and O–H groups in total. The molecule has 0 amide bonds. The van der Waals surface area contributed by atoms with Gasteiger partial charge < -0.3 is 0 Å². The van der Waals surface area contributed by atoms with Gasteiger partial charge in [0.05, 0.1) is 22.5 Å². The van der Waals surface area contributed by atoms with Gasteiger partial charge >= 0.3 is 0 Å². The van der Waals surface area contributed by atoms with Crippen LogP contribution in [0.25, 0.3) is 22.8 Å². The molecule has 33 heavy (non-hydrogen) atoms. The molecule has 5 rings (SSSR count). The first-order valence-corrected chi connectivity index (χ1v) is 11.9. The van der Waals surface area contributed by atoms with Gasteiger partial charge in [0.25, 0.3) is 0 Å². The number of nitrogens with zero attached hydrogens (tertiary/aromatic N) is 5. The van der Waals surface area contributed by atoms with E-state index in [-0.39, 0.29) is 21.7 Å².